The van der Waals surface area contributed by atoms with Crippen molar-refractivity contribution in [2.24, 2.45) is 11.1 Å². The van der Waals surface area contributed by atoms with E-state index in [0.29, 0.717) is 19.0 Å². The fourth-order valence-corrected chi connectivity index (χ4v) is 2.12. The summed E-state index contributed by atoms with van der Waals surface area (Å²) < 4.78 is 5.63. The van der Waals surface area contributed by atoms with Crippen LogP contribution in [0, 0.1) is 5.41 Å². The van der Waals surface area contributed by atoms with Gasteiger partial charge in [0, 0.05) is 24.4 Å². The minimum atomic E-state index is 0.178. The highest BCUT2D eigenvalue weighted by Crippen LogP contribution is 2.37. The van der Waals surface area contributed by atoms with Crippen LogP contribution >= 0.6 is 0 Å². The second-order valence-electron chi connectivity index (χ2n) is 4.24. The predicted octanol–water partition coefficient (Wildman–Crippen LogP) is 1.37. The van der Waals surface area contributed by atoms with E-state index in [1.165, 1.54) is 25.7 Å². The van der Waals surface area contributed by atoms with E-state index in [9.17, 15) is 0 Å². The molecule has 1 saturated carbocycles. The molecular formula is C11H17N3O. The van der Waals surface area contributed by atoms with Crippen LogP contribution in [-0.2, 0) is 0 Å². The van der Waals surface area contributed by atoms with Crippen LogP contribution in [0.1, 0.15) is 25.7 Å². The molecule has 0 aliphatic heterocycles. The topological polar surface area (TPSA) is 61.0 Å². The Morgan fingerprint density at radius 1 is 1.33 bits per heavy atom. The molecule has 4 heteroatoms. The summed E-state index contributed by atoms with van der Waals surface area (Å²) in [4.78, 5) is 8.04. The van der Waals surface area contributed by atoms with E-state index in [1.807, 2.05) is 0 Å². The summed E-state index contributed by atoms with van der Waals surface area (Å²) >= 11 is 0. The molecule has 1 fully saturated rings. The third-order valence-electron chi connectivity index (χ3n) is 3.16. The summed E-state index contributed by atoms with van der Waals surface area (Å²) in [7, 11) is 0. The Morgan fingerprint density at radius 2 is 2.13 bits per heavy atom. The molecule has 1 aliphatic rings. The molecule has 0 bridgehead atoms. The number of rotatable bonds is 4. The average molecular weight is 207 g/mol. The molecular weight excluding hydrogens is 190 g/mol. The summed E-state index contributed by atoms with van der Waals surface area (Å²) in [6.07, 6.45) is 9.79. The molecule has 0 unspecified atom stereocenters. The highest BCUT2D eigenvalue weighted by molar-refractivity contribution is 5.02. The van der Waals surface area contributed by atoms with Crippen LogP contribution in [0.15, 0.2) is 18.6 Å². The molecule has 0 atom stereocenters. The van der Waals surface area contributed by atoms with Crippen molar-refractivity contribution in [3.05, 3.63) is 18.6 Å². The number of aromatic nitrogens is 2. The summed E-state index contributed by atoms with van der Waals surface area (Å²) in [5, 5.41) is 0. The monoisotopic (exact) mass is 207 g/mol. The van der Waals surface area contributed by atoms with E-state index in [2.05, 4.69) is 9.97 Å². The molecule has 4 nitrogen and oxygen atoms in total. The zero-order chi connectivity index (χ0) is 10.6. The molecule has 82 valence electrons. The molecule has 2 rings (SSSR count). The van der Waals surface area contributed by atoms with E-state index in [4.69, 9.17) is 10.5 Å². The van der Waals surface area contributed by atoms with E-state index in [1.54, 1.807) is 18.6 Å². The zero-order valence-corrected chi connectivity index (χ0v) is 8.85. The number of nitrogens with zero attached hydrogens (tertiary/aromatic N) is 2. The van der Waals surface area contributed by atoms with Gasteiger partial charge in [0.05, 0.1) is 12.8 Å². The van der Waals surface area contributed by atoms with E-state index < -0.39 is 0 Å². The predicted molar refractivity (Wildman–Crippen MR) is 57.5 cm³/mol. The molecule has 1 aliphatic carbocycles. The SMILES string of the molecule is NCC1(COc2cnccn2)CCCC1. The van der Waals surface area contributed by atoms with Crippen molar-refractivity contribution >= 4 is 0 Å². The van der Waals surface area contributed by atoms with Crippen molar-refractivity contribution in [3.63, 3.8) is 0 Å². The molecule has 0 spiro atoms. The zero-order valence-electron chi connectivity index (χ0n) is 8.85. The Labute approximate surface area is 89.9 Å². The molecule has 0 radical (unpaired) electrons. The van der Waals surface area contributed by atoms with Gasteiger partial charge in [-0.25, -0.2) is 4.98 Å². The molecule has 15 heavy (non-hydrogen) atoms. The van der Waals surface area contributed by atoms with Gasteiger partial charge in [-0.2, -0.15) is 0 Å². The van der Waals surface area contributed by atoms with Crippen molar-refractivity contribution in [2.75, 3.05) is 13.2 Å². The summed E-state index contributed by atoms with van der Waals surface area (Å²) in [5.74, 6) is 0.595. The Hall–Kier alpha value is -1.16. The number of hydrogen-bond donors (Lipinski definition) is 1. The van der Waals surface area contributed by atoms with Crippen molar-refractivity contribution in [1.82, 2.24) is 9.97 Å². The van der Waals surface area contributed by atoms with Crippen molar-refractivity contribution in [1.29, 1.82) is 0 Å². The number of hydrogen-bond acceptors (Lipinski definition) is 4. The normalized spacial score (nSPS) is 19.0. The Balaban J connectivity index is 1.92. The number of nitrogens with two attached hydrogens (primary N) is 1. The Kier molecular flexibility index (Phi) is 3.16. The molecule has 0 saturated heterocycles. The van der Waals surface area contributed by atoms with Crippen LogP contribution in [0.2, 0.25) is 0 Å². The minimum absolute atomic E-state index is 0.178. The van der Waals surface area contributed by atoms with Gasteiger partial charge in [-0.15, -0.1) is 0 Å². The van der Waals surface area contributed by atoms with Crippen LogP contribution in [0.5, 0.6) is 5.88 Å². The number of ether oxygens (including phenoxy) is 1. The second-order valence-corrected chi connectivity index (χ2v) is 4.24. The first-order valence-electron chi connectivity index (χ1n) is 5.44. The lowest BCUT2D eigenvalue weighted by Crippen LogP contribution is -2.33. The lowest BCUT2D eigenvalue weighted by Gasteiger charge is -2.26. The maximum Gasteiger partial charge on any atom is 0.232 e. The molecule has 0 amide bonds. The fraction of sp³-hybridized carbons (Fsp3) is 0.636. The van der Waals surface area contributed by atoms with Crippen molar-refractivity contribution in [2.45, 2.75) is 25.7 Å². The lowest BCUT2D eigenvalue weighted by atomic mass is 9.87. The molecule has 1 aromatic heterocycles. The average Bonchev–Trinajstić information content (AvgIpc) is 2.77. The van der Waals surface area contributed by atoms with Crippen LogP contribution < -0.4 is 10.5 Å². The van der Waals surface area contributed by atoms with Gasteiger partial charge in [0.2, 0.25) is 5.88 Å². The van der Waals surface area contributed by atoms with Gasteiger partial charge in [-0.05, 0) is 12.8 Å². The van der Waals surface area contributed by atoms with Gasteiger partial charge >= 0.3 is 0 Å². The summed E-state index contributed by atoms with van der Waals surface area (Å²) in [6, 6.07) is 0. The Morgan fingerprint density at radius 3 is 2.73 bits per heavy atom. The first kappa shape index (κ1) is 10.4. The van der Waals surface area contributed by atoms with Gasteiger partial charge in [0.1, 0.15) is 0 Å². The van der Waals surface area contributed by atoms with Crippen molar-refractivity contribution < 1.29 is 4.74 Å². The first-order valence-corrected chi connectivity index (χ1v) is 5.44. The van der Waals surface area contributed by atoms with E-state index >= 15 is 0 Å². The molecule has 1 heterocycles. The highest BCUT2D eigenvalue weighted by Gasteiger charge is 2.33. The lowest BCUT2D eigenvalue weighted by molar-refractivity contribution is 0.151. The van der Waals surface area contributed by atoms with Crippen molar-refractivity contribution in [3.8, 4) is 5.88 Å². The molecule has 0 aromatic carbocycles. The second kappa shape index (κ2) is 4.57. The van der Waals surface area contributed by atoms with Gasteiger partial charge < -0.3 is 10.5 Å². The summed E-state index contributed by atoms with van der Waals surface area (Å²) in [6.45, 7) is 1.37. The van der Waals surface area contributed by atoms with Gasteiger partial charge in [-0.3, -0.25) is 4.98 Å². The van der Waals surface area contributed by atoms with Gasteiger partial charge in [0.15, 0.2) is 0 Å². The third-order valence-corrected chi connectivity index (χ3v) is 3.16. The minimum Gasteiger partial charge on any atom is -0.476 e. The largest absolute Gasteiger partial charge is 0.476 e. The Bertz CT molecular complexity index is 296. The smallest absolute Gasteiger partial charge is 0.232 e. The standard InChI is InChI=1S/C11H17N3O/c12-8-11(3-1-2-4-11)9-15-10-7-13-5-6-14-10/h5-7H,1-4,8-9,12H2. The quantitative estimate of drug-likeness (QED) is 0.810. The maximum atomic E-state index is 5.82. The first-order chi connectivity index (χ1) is 7.35. The van der Waals surface area contributed by atoms with Crippen LogP contribution in [-0.4, -0.2) is 23.1 Å². The maximum absolute atomic E-state index is 5.82. The summed E-state index contributed by atoms with van der Waals surface area (Å²) in [5.41, 5.74) is 6.00. The van der Waals surface area contributed by atoms with Gasteiger partial charge in [-0.1, -0.05) is 12.8 Å². The fourth-order valence-electron chi connectivity index (χ4n) is 2.12. The van der Waals surface area contributed by atoms with E-state index in [0.717, 1.165) is 0 Å². The van der Waals surface area contributed by atoms with E-state index in [-0.39, 0.29) is 5.41 Å². The van der Waals surface area contributed by atoms with Gasteiger partial charge in [0.25, 0.3) is 0 Å². The highest BCUT2D eigenvalue weighted by atomic mass is 16.5. The third kappa shape index (κ3) is 2.45. The van der Waals surface area contributed by atoms with Crippen LogP contribution in [0.25, 0.3) is 0 Å². The van der Waals surface area contributed by atoms with Crippen LogP contribution in [0.3, 0.4) is 0 Å². The van der Waals surface area contributed by atoms with Crippen LogP contribution in [0.4, 0.5) is 0 Å². The molecule has 1 aromatic rings. The molecule has 2 N–H and O–H groups in total.